The van der Waals surface area contributed by atoms with Gasteiger partial charge in [0.1, 0.15) is 0 Å². The Morgan fingerprint density at radius 3 is 1.88 bits per heavy atom. The Labute approximate surface area is 178 Å². The van der Waals surface area contributed by atoms with Gasteiger partial charge in [-0.1, -0.05) is 37.3 Å². The van der Waals surface area contributed by atoms with Gasteiger partial charge in [0, 0.05) is 25.0 Å². The molecule has 1 aliphatic rings. The van der Waals surface area contributed by atoms with E-state index < -0.39 is 5.41 Å². The Hall–Kier alpha value is -0.940. The van der Waals surface area contributed by atoms with Gasteiger partial charge in [-0.05, 0) is 65.9 Å². The first-order valence-corrected chi connectivity index (χ1v) is 10.2. The molecule has 0 radical (unpaired) electrons. The molecule has 134 valence electrons. The SMILES string of the molecule is CC1C=CC=C(C(C)(c2cc(S)ccc2S)c2cc(S)ccc2S)C=C1. The summed E-state index contributed by atoms with van der Waals surface area (Å²) in [6, 6.07) is 12.1. The number of hydrogen-bond donors (Lipinski definition) is 4. The van der Waals surface area contributed by atoms with Gasteiger partial charge in [0.05, 0.1) is 0 Å². The molecule has 0 saturated carbocycles. The summed E-state index contributed by atoms with van der Waals surface area (Å²) in [6.07, 6.45) is 10.9. The smallest absolute Gasteiger partial charge is 0.0445 e. The quantitative estimate of drug-likeness (QED) is 0.388. The van der Waals surface area contributed by atoms with Crippen molar-refractivity contribution >= 4 is 50.5 Å². The van der Waals surface area contributed by atoms with Crippen molar-refractivity contribution in [2.75, 3.05) is 0 Å². The van der Waals surface area contributed by atoms with E-state index in [2.05, 4.69) is 81.6 Å². The Kier molecular flexibility index (Phi) is 6.07. The van der Waals surface area contributed by atoms with Gasteiger partial charge in [0.2, 0.25) is 0 Å². The standard InChI is InChI=1S/C22H22S4/c1-14-4-3-5-15(7-6-14)22(2,18-12-16(23)8-10-20(18)25)19-13-17(24)9-11-21(19)26/h3-14,23-26H,1-2H3. The molecule has 0 fully saturated rings. The van der Waals surface area contributed by atoms with E-state index in [0.717, 1.165) is 30.7 Å². The molecule has 0 aromatic heterocycles. The van der Waals surface area contributed by atoms with Gasteiger partial charge in [-0.25, -0.2) is 0 Å². The van der Waals surface area contributed by atoms with E-state index in [0.29, 0.717) is 5.92 Å². The van der Waals surface area contributed by atoms with Crippen molar-refractivity contribution in [2.24, 2.45) is 5.92 Å². The minimum Gasteiger partial charge on any atom is -0.143 e. The molecule has 0 saturated heterocycles. The predicted octanol–water partition coefficient (Wildman–Crippen LogP) is 6.84. The lowest BCUT2D eigenvalue weighted by Crippen LogP contribution is -2.27. The summed E-state index contributed by atoms with van der Waals surface area (Å²) in [4.78, 5) is 3.68. The van der Waals surface area contributed by atoms with Crippen LogP contribution in [0.2, 0.25) is 0 Å². The maximum atomic E-state index is 4.77. The normalized spacial score (nSPS) is 17.2. The zero-order chi connectivity index (χ0) is 18.9. The van der Waals surface area contributed by atoms with E-state index in [1.54, 1.807) is 0 Å². The largest absolute Gasteiger partial charge is 0.143 e. The first-order chi connectivity index (χ1) is 12.3. The number of allylic oxidation sites excluding steroid dienone is 6. The van der Waals surface area contributed by atoms with Gasteiger partial charge in [-0.2, -0.15) is 0 Å². The second-order valence-corrected chi connectivity index (χ2v) is 8.75. The number of thiol groups is 4. The summed E-state index contributed by atoms with van der Waals surface area (Å²) in [5, 5.41) is 0. The zero-order valence-electron chi connectivity index (χ0n) is 14.7. The van der Waals surface area contributed by atoms with E-state index in [-0.39, 0.29) is 0 Å². The molecular weight excluding hydrogens is 393 g/mol. The van der Waals surface area contributed by atoms with Crippen LogP contribution in [0.1, 0.15) is 25.0 Å². The van der Waals surface area contributed by atoms with E-state index in [1.807, 2.05) is 24.3 Å². The van der Waals surface area contributed by atoms with Crippen LogP contribution in [-0.4, -0.2) is 0 Å². The molecule has 3 rings (SSSR count). The molecule has 0 aliphatic heterocycles. The molecule has 2 aromatic rings. The molecule has 1 aliphatic carbocycles. The topological polar surface area (TPSA) is 0 Å². The molecule has 0 amide bonds. The molecule has 0 nitrogen and oxygen atoms in total. The van der Waals surface area contributed by atoms with Gasteiger partial charge >= 0.3 is 0 Å². The highest BCUT2D eigenvalue weighted by molar-refractivity contribution is 7.81. The summed E-state index contributed by atoms with van der Waals surface area (Å²) in [6.45, 7) is 4.40. The average Bonchev–Trinajstić information content (AvgIpc) is 2.83. The molecular formula is C22H22S4. The third-order valence-corrected chi connectivity index (χ3v) is 6.22. The van der Waals surface area contributed by atoms with Crippen LogP contribution in [0, 0.1) is 5.92 Å². The lowest BCUT2D eigenvalue weighted by Gasteiger charge is -2.35. The second-order valence-electron chi connectivity index (χ2n) is 6.75. The highest BCUT2D eigenvalue weighted by Gasteiger charge is 2.35. The van der Waals surface area contributed by atoms with Gasteiger partial charge in [0.15, 0.2) is 0 Å². The molecule has 1 unspecified atom stereocenters. The summed E-state index contributed by atoms with van der Waals surface area (Å²) in [7, 11) is 0. The maximum absolute atomic E-state index is 4.77. The molecule has 26 heavy (non-hydrogen) atoms. The Bertz CT molecular complexity index is 870. The first-order valence-electron chi connectivity index (χ1n) is 8.44. The Morgan fingerprint density at radius 2 is 1.35 bits per heavy atom. The van der Waals surface area contributed by atoms with Crippen LogP contribution in [0.3, 0.4) is 0 Å². The summed E-state index contributed by atoms with van der Waals surface area (Å²) < 4.78 is 0. The molecule has 0 spiro atoms. The van der Waals surface area contributed by atoms with Crippen molar-refractivity contribution in [3.8, 4) is 0 Å². The van der Waals surface area contributed by atoms with Crippen LogP contribution >= 0.6 is 50.5 Å². The Balaban J connectivity index is 2.34. The van der Waals surface area contributed by atoms with Crippen molar-refractivity contribution < 1.29 is 0 Å². The van der Waals surface area contributed by atoms with Gasteiger partial charge in [-0.3, -0.25) is 0 Å². The van der Waals surface area contributed by atoms with Crippen molar-refractivity contribution in [3.63, 3.8) is 0 Å². The minimum atomic E-state index is -0.434. The Morgan fingerprint density at radius 1 is 0.808 bits per heavy atom. The number of rotatable bonds is 3. The van der Waals surface area contributed by atoms with E-state index in [1.165, 1.54) is 5.57 Å². The monoisotopic (exact) mass is 414 g/mol. The van der Waals surface area contributed by atoms with Crippen LogP contribution in [0.25, 0.3) is 0 Å². The van der Waals surface area contributed by atoms with Gasteiger partial charge in [-0.15, -0.1) is 50.5 Å². The van der Waals surface area contributed by atoms with E-state index in [9.17, 15) is 0 Å². The number of hydrogen-bond acceptors (Lipinski definition) is 4. The molecule has 0 bridgehead atoms. The highest BCUT2D eigenvalue weighted by atomic mass is 32.1. The molecule has 4 heteroatoms. The minimum absolute atomic E-state index is 0.395. The zero-order valence-corrected chi connectivity index (χ0v) is 18.3. The fraction of sp³-hybridized carbons (Fsp3) is 0.182. The molecule has 2 aromatic carbocycles. The van der Waals surface area contributed by atoms with Crippen molar-refractivity contribution in [3.05, 3.63) is 83.5 Å². The highest BCUT2D eigenvalue weighted by Crippen LogP contribution is 2.46. The van der Waals surface area contributed by atoms with Crippen molar-refractivity contribution in [1.82, 2.24) is 0 Å². The van der Waals surface area contributed by atoms with Crippen LogP contribution in [0.4, 0.5) is 0 Å². The average molecular weight is 415 g/mol. The van der Waals surface area contributed by atoms with Crippen LogP contribution in [0.15, 0.2) is 91.9 Å². The van der Waals surface area contributed by atoms with Crippen molar-refractivity contribution in [2.45, 2.75) is 38.8 Å². The van der Waals surface area contributed by atoms with Crippen LogP contribution in [0.5, 0.6) is 0 Å². The first kappa shape index (κ1) is 19.8. The van der Waals surface area contributed by atoms with Gasteiger partial charge in [0.25, 0.3) is 0 Å². The molecule has 1 atom stereocenters. The summed E-state index contributed by atoms with van der Waals surface area (Å²) in [5.74, 6) is 0.395. The fourth-order valence-electron chi connectivity index (χ4n) is 3.35. The third-order valence-electron chi connectivity index (χ3n) is 4.88. The molecule has 0 N–H and O–H groups in total. The second kappa shape index (κ2) is 7.97. The predicted molar refractivity (Wildman–Crippen MR) is 124 cm³/mol. The summed E-state index contributed by atoms with van der Waals surface area (Å²) >= 11 is 18.7. The lowest BCUT2D eigenvalue weighted by molar-refractivity contribution is 0.657. The van der Waals surface area contributed by atoms with E-state index in [4.69, 9.17) is 25.3 Å². The third kappa shape index (κ3) is 3.84. The van der Waals surface area contributed by atoms with Crippen LogP contribution < -0.4 is 0 Å². The van der Waals surface area contributed by atoms with Crippen molar-refractivity contribution in [1.29, 1.82) is 0 Å². The van der Waals surface area contributed by atoms with Crippen LogP contribution in [-0.2, 0) is 5.41 Å². The lowest BCUT2D eigenvalue weighted by atomic mass is 9.70. The molecule has 0 heterocycles. The fourth-order valence-corrected chi connectivity index (χ4v) is 4.48. The van der Waals surface area contributed by atoms with Gasteiger partial charge < -0.3 is 0 Å². The summed E-state index contributed by atoms with van der Waals surface area (Å²) in [5.41, 5.74) is 2.95. The van der Waals surface area contributed by atoms with E-state index >= 15 is 0 Å². The maximum Gasteiger partial charge on any atom is 0.0445 e. The number of benzene rings is 2.